The molecule has 130 valence electrons. The van der Waals surface area contributed by atoms with Crippen LogP contribution in [0.4, 0.5) is 0 Å². The fourth-order valence-corrected chi connectivity index (χ4v) is 3.07. The van der Waals surface area contributed by atoms with Crippen molar-refractivity contribution in [3.8, 4) is 0 Å². The summed E-state index contributed by atoms with van der Waals surface area (Å²) in [7, 11) is 4.30. The Balaban J connectivity index is 2.17. The quantitative estimate of drug-likeness (QED) is 0.659. The fourth-order valence-electron chi connectivity index (χ4n) is 3.07. The Morgan fingerprint density at radius 2 is 1.82 bits per heavy atom. The van der Waals surface area contributed by atoms with Gasteiger partial charge in [0.2, 0.25) is 5.91 Å². The van der Waals surface area contributed by atoms with Crippen LogP contribution in [-0.2, 0) is 4.79 Å². The summed E-state index contributed by atoms with van der Waals surface area (Å²) < 4.78 is 0. The van der Waals surface area contributed by atoms with Gasteiger partial charge in [-0.05, 0) is 53.0 Å². The number of nitrogens with zero attached hydrogens (tertiary/aromatic N) is 3. The number of carbonyl (C=O) groups excluding carboxylic acids is 1. The van der Waals surface area contributed by atoms with Crippen molar-refractivity contribution in [2.24, 2.45) is 0 Å². The molecule has 22 heavy (non-hydrogen) atoms. The summed E-state index contributed by atoms with van der Waals surface area (Å²) in [6.07, 6.45) is 3.99. The molecule has 0 saturated carbocycles. The van der Waals surface area contributed by atoms with Crippen LogP contribution in [0.3, 0.4) is 0 Å². The lowest BCUT2D eigenvalue weighted by molar-refractivity contribution is -0.121. The van der Waals surface area contributed by atoms with E-state index in [0.717, 1.165) is 52.2 Å². The van der Waals surface area contributed by atoms with E-state index < -0.39 is 0 Å². The standard InChI is InChI=1S/C17H36N4O/c1-5-9-21(10-6-2)11-7-8-17(22)18-14-16-15-19(3)12-13-20(16)4/h16H,5-15H2,1-4H3,(H,18,22). The Kier molecular flexibility index (Phi) is 9.68. The Labute approximate surface area is 137 Å². The molecular formula is C17H36N4O. The van der Waals surface area contributed by atoms with E-state index in [9.17, 15) is 4.79 Å². The van der Waals surface area contributed by atoms with Crippen LogP contribution in [0.2, 0.25) is 0 Å². The van der Waals surface area contributed by atoms with Crippen LogP contribution in [0.25, 0.3) is 0 Å². The zero-order valence-electron chi connectivity index (χ0n) is 15.1. The molecular weight excluding hydrogens is 276 g/mol. The molecule has 5 heteroatoms. The van der Waals surface area contributed by atoms with Gasteiger partial charge in [-0.25, -0.2) is 0 Å². The van der Waals surface area contributed by atoms with Crippen LogP contribution in [0.1, 0.15) is 39.5 Å². The van der Waals surface area contributed by atoms with Gasteiger partial charge < -0.3 is 15.1 Å². The molecule has 5 nitrogen and oxygen atoms in total. The van der Waals surface area contributed by atoms with Crippen LogP contribution in [0.5, 0.6) is 0 Å². The lowest BCUT2D eigenvalue weighted by Crippen LogP contribution is -2.54. The molecule has 1 aliphatic heterocycles. The zero-order chi connectivity index (χ0) is 16.4. The first-order valence-electron chi connectivity index (χ1n) is 8.94. The van der Waals surface area contributed by atoms with Crippen molar-refractivity contribution in [2.45, 2.75) is 45.6 Å². The largest absolute Gasteiger partial charge is 0.354 e. The van der Waals surface area contributed by atoms with Gasteiger partial charge in [-0.2, -0.15) is 0 Å². The Hall–Kier alpha value is -0.650. The molecule has 1 saturated heterocycles. The first-order chi connectivity index (χ1) is 10.6. The van der Waals surface area contributed by atoms with Crippen LogP contribution in [0.15, 0.2) is 0 Å². The van der Waals surface area contributed by atoms with E-state index in [0.29, 0.717) is 12.5 Å². The second-order valence-electron chi connectivity index (χ2n) is 6.65. The highest BCUT2D eigenvalue weighted by molar-refractivity contribution is 5.75. The van der Waals surface area contributed by atoms with Crippen molar-refractivity contribution < 1.29 is 4.79 Å². The van der Waals surface area contributed by atoms with Crippen molar-refractivity contribution in [1.82, 2.24) is 20.0 Å². The number of hydrogen-bond acceptors (Lipinski definition) is 4. The van der Waals surface area contributed by atoms with Gasteiger partial charge in [0.05, 0.1) is 0 Å². The van der Waals surface area contributed by atoms with E-state index >= 15 is 0 Å². The lowest BCUT2D eigenvalue weighted by Gasteiger charge is -2.37. The smallest absolute Gasteiger partial charge is 0.220 e. The molecule has 0 aromatic rings. The van der Waals surface area contributed by atoms with Gasteiger partial charge in [0.15, 0.2) is 0 Å². The van der Waals surface area contributed by atoms with Gasteiger partial charge in [-0.1, -0.05) is 13.8 Å². The minimum atomic E-state index is 0.203. The van der Waals surface area contributed by atoms with Gasteiger partial charge in [-0.3, -0.25) is 9.69 Å². The first kappa shape index (κ1) is 19.4. The third-order valence-corrected chi connectivity index (χ3v) is 4.47. The second kappa shape index (κ2) is 11.0. The average molecular weight is 313 g/mol. The first-order valence-corrected chi connectivity index (χ1v) is 8.94. The second-order valence-corrected chi connectivity index (χ2v) is 6.65. The third-order valence-electron chi connectivity index (χ3n) is 4.47. The summed E-state index contributed by atoms with van der Waals surface area (Å²) in [4.78, 5) is 19.2. The number of nitrogens with one attached hydrogen (secondary N) is 1. The third kappa shape index (κ3) is 7.56. The normalized spacial score (nSPS) is 20.5. The van der Waals surface area contributed by atoms with E-state index in [1.807, 2.05) is 0 Å². The van der Waals surface area contributed by atoms with Crippen molar-refractivity contribution in [2.75, 3.05) is 59.9 Å². The topological polar surface area (TPSA) is 38.8 Å². The van der Waals surface area contributed by atoms with E-state index in [1.165, 1.54) is 12.8 Å². The number of carbonyl (C=O) groups is 1. The summed E-state index contributed by atoms with van der Waals surface area (Å²) >= 11 is 0. The van der Waals surface area contributed by atoms with Crippen molar-refractivity contribution in [1.29, 1.82) is 0 Å². The van der Waals surface area contributed by atoms with Crippen molar-refractivity contribution in [3.63, 3.8) is 0 Å². The predicted molar refractivity (Wildman–Crippen MR) is 93.2 cm³/mol. The van der Waals surface area contributed by atoms with Gasteiger partial charge in [-0.15, -0.1) is 0 Å². The molecule has 0 bridgehead atoms. The summed E-state index contributed by atoms with van der Waals surface area (Å²) in [6.45, 7) is 11.8. The Morgan fingerprint density at radius 1 is 1.14 bits per heavy atom. The van der Waals surface area contributed by atoms with Gasteiger partial charge in [0.1, 0.15) is 0 Å². The van der Waals surface area contributed by atoms with Crippen LogP contribution >= 0.6 is 0 Å². The molecule has 1 fully saturated rings. The molecule has 0 radical (unpaired) electrons. The number of rotatable bonds is 10. The summed E-state index contributed by atoms with van der Waals surface area (Å²) in [5, 5.41) is 3.12. The number of amides is 1. The zero-order valence-corrected chi connectivity index (χ0v) is 15.1. The molecule has 1 amide bonds. The monoisotopic (exact) mass is 312 g/mol. The summed E-state index contributed by atoms with van der Waals surface area (Å²) in [6, 6.07) is 0.444. The minimum Gasteiger partial charge on any atom is -0.354 e. The maximum atomic E-state index is 12.0. The molecule has 1 atom stereocenters. The molecule has 1 unspecified atom stereocenters. The van der Waals surface area contributed by atoms with E-state index in [2.05, 4.69) is 48.0 Å². The highest BCUT2D eigenvalue weighted by Gasteiger charge is 2.22. The molecule has 0 spiro atoms. The molecule has 0 aromatic heterocycles. The molecule has 1 aliphatic rings. The Bertz CT molecular complexity index is 305. The SMILES string of the molecule is CCCN(CCC)CCCC(=O)NCC1CN(C)CCN1C. The maximum Gasteiger partial charge on any atom is 0.220 e. The van der Waals surface area contributed by atoms with Crippen LogP contribution in [0, 0.1) is 0 Å². The van der Waals surface area contributed by atoms with Gasteiger partial charge in [0.25, 0.3) is 0 Å². The summed E-state index contributed by atoms with van der Waals surface area (Å²) in [5.74, 6) is 0.203. The van der Waals surface area contributed by atoms with E-state index in [1.54, 1.807) is 0 Å². The molecule has 0 aliphatic carbocycles. The van der Waals surface area contributed by atoms with E-state index in [-0.39, 0.29) is 5.91 Å². The number of hydrogen-bond donors (Lipinski definition) is 1. The molecule has 1 heterocycles. The van der Waals surface area contributed by atoms with Gasteiger partial charge in [0, 0.05) is 38.6 Å². The predicted octanol–water partition coefficient (Wildman–Crippen LogP) is 1.25. The highest BCUT2D eigenvalue weighted by Crippen LogP contribution is 2.05. The van der Waals surface area contributed by atoms with Gasteiger partial charge >= 0.3 is 0 Å². The van der Waals surface area contributed by atoms with Crippen LogP contribution in [-0.4, -0.2) is 86.6 Å². The number of piperazine rings is 1. The fraction of sp³-hybridized carbons (Fsp3) is 0.941. The number of likely N-dealkylation sites (N-methyl/N-ethyl adjacent to an activating group) is 2. The molecule has 0 aromatic carbocycles. The summed E-state index contributed by atoms with van der Waals surface area (Å²) in [5.41, 5.74) is 0. The maximum absolute atomic E-state index is 12.0. The van der Waals surface area contributed by atoms with Crippen LogP contribution < -0.4 is 5.32 Å². The average Bonchev–Trinajstić information content (AvgIpc) is 2.48. The lowest BCUT2D eigenvalue weighted by atomic mass is 10.2. The van der Waals surface area contributed by atoms with Crippen molar-refractivity contribution in [3.05, 3.63) is 0 Å². The Morgan fingerprint density at radius 3 is 2.45 bits per heavy atom. The van der Waals surface area contributed by atoms with Crippen molar-refractivity contribution >= 4 is 5.91 Å². The van der Waals surface area contributed by atoms with E-state index in [4.69, 9.17) is 0 Å². The minimum absolute atomic E-state index is 0.203. The highest BCUT2D eigenvalue weighted by atomic mass is 16.1. The molecule has 1 N–H and O–H groups in total. The molecule has 1 rings (SSSR count).